The molecule has 4 rings (SSSR count). The zero-order chi connectivity index (χ0) is 25.0. The van der Waals surface area contributed by atoms with E-state index >= 15 is 0 Å². The van der Waals surface area contributed by atoms with E-state index in [-0.39, 0.29) is 20.9 Å². The summed E-state index contributed by atoms with van der Waals surface area (Å²) in [4.78, 5) is 17.4. The van der Waals surface area contributed by atoms with Gasteiger partial charge in [-0.15, -0.1) is 0 Å². The molecule has 0 radical (unpaired) electrons. The molecule has 1 fully saturated rings. The van der Waals surface area contributed by atoms with Crippen molar-refractivity contribution in [3.63, 3.8) is 0 Å². The number of hydrogen-bond acceptors (Lipinski definition) is 6. The molecule has 1 heterocycles. The van der Waals surface area contributed by atoms with E-state index in [0.29, 0.717) is 11.7 Å². The Morgan fingerprint density at radius 1 is 1.14 bits per heavy atom. The van der Waals surface area contributed by atoms with Crippen LogP contribution >= 0.6 is 23.2 Å². The quantitative estimate of drug-likeness (QED) is 0.429. The van der Waals surface area contributed by atoms with Gasteiger partial charge in [0.25, 0.3) is 0 Å². The van der Waals surface area contributed by atoms with E-state index in [1.165, 1.54) is 25.2 Å². The van der Waals surface area contributed by atoms with Crippen molar-refractivity contribution in [2.24, 2.45) is 5.92 Å². The first-order chi connectivity index (χ1) is 16.8. The monoisotopic (exact) mass is 536 g/mol. The second kappa shape index (κ2) is 11.1. The van der Waals surface area contributed by atoms with Crippen molar-refractivity contribution in [3.05, 3.63) is 64.5 Å². The number of likely N-dealkylation sites (N-methyl/N-ethyl adjacent to an activating group) is 1. The van der Waals surface area contributed by atoms with Crippen LogP contribution in [0, 0.1) is 5.92 Å². The fraction of sp³-hybridized carbons (Fsp3) is 0.375. The number of halogens is 2. The molecular weight excluding hydrogens is 511 g/mol. The number of amides is 1. The van der Waals surface area contributed by atoms with Crippen LogP contribution in [-0.2, 0) is 14.8 Å². The molecule has 1 amide bonds. The molecule has 0 aliphatic heterocycles. The predicted octanol–water partition coefficient (Wildman–Crippen LogP) is 5.10. The van der Waals surface area contributed by atoms with Crippen LogP contribution in [0.25, 0.3) is 11.4 Å². The van der Waals surface area contributed by atoms with E-state index in [1.54, 1.807) is 0 Å². The summed E-state index contributed by atoms with van der Waals surface area (Å²) in [5.74, 6) is 0.378. The summed E-state index contributed by atoms with van der Waals surface area (Å²) in [7, 11) is -2.72. The highest BCUT2D eigenvalue weighted by Crippen LogP contribution is 2.35. The van der Waals surface area contributed by atoms with Crippen molar-refractivity contribution in [2.75, 3.05) is 13.6 Å². The van der Waals surface area contributed by atoms with E-state index in [1.807, 2.05) is 30.3 Å². The molecule has 0 saturated heterocycles. The first kappa shape index (κ1) is 25.6. The average Bonchev–Trinajstić information content (AvgIpc) is 3.35. The molecule has 3 aromatic rings. The molecule has 0 bridgehead atoms. The van der Waals surface area contributed by atoms with E-state index in [9.17, 15) is 13.2 Å². The number of nitrogens with zero attached hydrogens (tertiary/aromatic N) is 3. The molecule has 1 aromatic heterocycles. The Labute approximate surface area is 214 Å². The number of carbonyl (C=O) groups is 1. The first-order valence-corrected chi connectivity index (χ1v) is 13.5. The normalized spacial score (nSPS) is 15.8. The second-order valence-corrected chi connectivity index (χ2v) is 11.5. The SMILES string of the molecule is CN(CC(=O)NC(c1nc(-c2ccccc2)no1)C1CCCCC1)S(=O)(=O)c1cc(Cl)ccc1Cl. The van der Waals surface area contributed by atoms with E-state index in [0.717, 1.165) is 42.0 Å². The Bertz CT molecular complexity index is 1280. The van der Waals surface area contributed by atoms with E-state index in [2.05, 4.69) is 15.5 Å². The minimum Gasteiger partial charge on any atom is -0.343 e. The molecule has 1 aliphatic carbocycles. The molecular formula is C24H26Cl2N4O4S. The summed E-state index contributed by atoms with van der Waals surface area (Å²) < 4.78 is 32.6. The van der Waals surface area contributed by atoms with Gasteiger partial charge in [0.2, 0.25) is 27.6 Å². The molecule has 1 saturated carbocycles. The second-order valence-electron chi connectivity index (χ2n) is 8.60. The van der Waals surface area contributed by atoms with Gasteiger partial charge in [0, 0.05) is 17.6 Å². The third-order valence-electron chi connectivity index (χ3n) is 6.13. The molecule has 186 valence electrons. The Hall–Kier alpha value is -2.46. The molecule has 1 N–H and O–H groups in total. The van der Waals surface area contributed by atoms with Gasteiger partial charge in [0.1, 0.15) is 10.9 Å². The Morgan fingerprint density at radius 2 is 1.86 bits per heavy atom. The number of benzene rings is 2. The van der Waals surface area contributed by atoms with Gasteiger partial charge < -0.3 is 9.84 Å². The van der Waals surface area contributed by atoms with Gasteiger partial charge in [-0.1, -0.05) is 78.0 Å². The number of hydrogen-bond donors (Lipinski definition) is 1. The summed E-state index contributed by atoms with van der Waals surface area (Å²) in [5, 5.41) is 7.30. The van der Waals surface area contributed by atoms with Crippen molar-refractivity contribution < 1.29 is 17.7 Å². The number of aromatic nitrogens is 2. The highest BCUT2D eigenvalue weighted by atomic mass is 35.5. The van der Waals surface area contributed by atoms with Crippen molar-refractivity contribution in [2.45, 2.75) is 43.0 Å². The molecule has 2 aromatic carbocycles. The molecule has 1 unspecified atom stereocenters. The van der Waals surface area contributed by atoms with Gasteiger partial charge in [-0.2, -0.15) is 9.29 Å². The summed E-state index contributed by atoms with van der Waals surface area (Å²) in [5.41, 5.74) is 0.806. The first-order valence-electron chi connectivity index (χ1n) is 11.4. The number of sulfonamides is 1. The lowest BCUT2D eigenvalue weighted by atomic mass is 9.83. The van der Waals surface area contributed by atoms with Crippen LogP contribution in [0.3, 0.4) is 0 Å². The molecule has 1 atom stereocenters. The van der Waals surface area contributed by atoms with E-state index in [4.69, 9.17) is 27.7 Å². The van der Waals surface area contributed by atoms with Crippen molar-refractivity contribution >= 4 is 39.1 Å². The summed E-state index contributed by atoms with van der Waals surface area (Å²) in [6.45, 7) is -0.409. The number of nitrogens with one attached hydrogen (secondary N) is 1. The van der Waals surface area contributed by atoms with Crippen molar-refractivity contribution in [3.8, 4) is 11.4 Å². The number of rotatable bonds is 8. The van der Waals surface area contributed by atoms with E-state index < -0.39 is 28.5 Å². The minimum atomic E-state index is -4.04. The molecule has 35 heavy (non-hydrogen) atoms. The van der Waals surface area contributed by atoms with Crippen LogP contribution < -0.4 is 5.32 Å². The Balaban J connectivity index is 1.53. The van der Waals surface area contributed by atoms with Gasteiger partial charge in [0.05, 0.1) is 11.6 Å². The van der Waals surface area contributed by atoms with Gasteiger partial charge in [-0.3, -0.25) is 4.79 Å². The van der Waals surface area contributed by atoms with Gasteiger partial charge in [-0.05, 0) is 37.0 Å². The molecule has 1 aliphatic rings. The lowest BCUT2D eigenvalue weighted by Gasteiger charge is -2.29. The predicted molar refractivity (Wildman–Crippen MR) is 133 cm³/mol. The standard InChI is InChI=1S/C24H26Cl2N4O4S/c1-30(35(32,33)20-14-18(25)12-13-19(20)26)15-21(31)27-22(16-8-4-2-5-9-16)24-28-23(29-34-24)17-10-6-3-7-11-17/h3,6-7,10-14,16,22H,2,4-5,8-9,15H2,1H3,(H,27,31). The van der Waals surface area contributed by atoms with Crippen molar-refractivity contribution in [1.82, 2.24) is 19.8 Å². The summed E-state index contributed by atoms with van der Waals surface area (Å²) >= 11 is 12.0. The molecule has 11 heteroatoms. The fourth-order valence-electron chi connectivity index (χ4n) is 4.26. The Kier molecular flexibility index (Phi) is 8.11. The summed E-state index contributed by atoms with van der Waals surface area (Å²) in [6.07, 6.45) is 5.02. The molecule has 0 spiro atoms. The largest absolute Gasteiger partial charge is 0.343 e. The van der Waals surface area contributed by atoms with Crippen LogP contribution in [0.1, 0.15) is 44.0 Å². The average molecular weight is 537 g/mol. The third kappa shape index (κ3) is 6.03. The minimum absolute atomic E-state index is 0.0287. The maximum atomic E-state index is 13.0. The maximum absolute atomic E-state index is 13.0. The van der Waals surface area contributed by atoms with Crippen LogP contribution in [-0.4, -0.2) is 42.4 Å². The van der Waals surface area contributed by atoms with Crippen LogP contribution in [0.2, 0.25) is 10.0 Å². The molecule has 8 nitrogen and oxygen atoms in total. The third-order valence-corrected chi connectivity index (χ3v) is 8.65. The van der Waals surface area contributed by atoms with Crippen molar-refractivity contribution in [1.29, 1.82) is 0 Å². The lowest BCUT2D eigenvalue weighted by Crippen LogP contribution is -2.42. The highest BCUT2D eigenvalue weighted by Gasteiger charge is 2.33. The van der Waals surface area contributed by atoms with Gasteiger partial charge >= 0.3 is 0 Å². The maximum Gasteiger partial charge on any atom is 0.249 e. The smallest absolute Gasteiger partial charge is 0.249 e. The van der Waals surface area contributed by atoms with Gasteiger partial charge in [-0.25, -0.2) is 8.42 Å². The lowest BCUT2D eigenvalue weighted by molar-refractivity contribution is -0.122. The zero-order valence-electron chi connectivity index (χ0n) is 19.2. The van der Waals surface area contributed by atoms with Crippen LogP contribution in [0.5, 0.6) is 0 Å². The van der Waals surface area contributed by atoms with Gasteiger partial charge in [0.15, 0.2) is 0 Å². The van der Waals surface area contributed by atoms with Crippen LogP contribution in [0.15, 0.2) is 57.9 Å². The zero-order valence-corrected chi connectivity index (χ0v) is 21.5. The highest BCUT2D eigenvalue weighted by molar-refractivity contribution is 7.89. The topological polar surface area (TPSA) is 105 Å². The Morgan fingerprint density at radius 3 is 2.57 bits per heavy atom. The number of carbonyl (C=O) groups excluding carboxylic acids is 1. The van der Waals surface area contributed by atoms with Crippen LogP contribution in [0.4, 0.5) is 0 Å². The summed E-state index contributed by atoms with van der Waals surface area (Å²) in [6, 6.07) is 13.1. The fourth-order valence-corrected chi connectivity index (χ4v) is 6.12.